The molecule has 1 saturated heterocycles. The summed E-state index contributed by atoms with van der Waals surface area (Å²) in [4.78, 5) is 67.2. The number of carbonyl (C=O) groups excluding carboxylic acids is 4. The molecule has 1 spiro atoms. The largest absolute Gasteiger partial charge is 0.483 e. The summed E-state index contributed by atoms with van der Waals surface area (Å²) in [6.07, 6.45) is 7.64. The monoisotopic (exact) mass is 839 g/mol. The van der Waals surface area contributed by atoms with Crippen LogP contribution in [0.15, 0.2) is 24.3 Å². The van der Waals surface area contributed by atoms with Crippen LogP contribution in [0.25, 0.3) is 11.0 Å². The number of halogens is 2. The molecule has 2 aromatic heterocycles. The highest BCUT2D eigenvalue weighted by atomic mass is 32.2. The molecule has 8 atom stereocenters. The van der Waals surface area contributed by atoms with Gasteiger partial charge in [-0.2, -0.15) is 0 Å². The number of sulfonamides is 1. The van der Waals surface area contributed by atoms with Crippen molar-refractivity contribution in [1.29, 1.82) is 0 Å². The molecule has 14 nitrogen and oxygen atoms in total. The lowest BCUT2D eigenvalue weighted by Gasteiger charge is -2.36. The Morgan fingerprint density at radius 3 is 2.58 bits per heavy atom. The van der Waals surface area contributed by atoms with Crippen LogP contribution in [0.5, 0.6) is 11.6 Å². The van der Waals surface area contributed by atoms with Gasteiger partial charge >= 0.3 is 5.97 Å². The van der Waals surface area contributed by atoms with Crippen molar-refractivity contribution in [3.8, 4) is 11.6 Å². The Balaban J connectivity index is 1.05. The number of aromatic nitrogens is 2. The van der Waals surface area contributed by atoms with Crippen LogP contribution in [-0.2, 0) is 40.4 Å². The molecule has 0 radical (unpaired) electrons. The summed E-state index contributed by atoms with van der Waals surface area (Å²) >= 11 is 0. The highest BCUT2D eigenvalue weighted by molar-refractivity contribution is 7.91. The minimum atomic E-state index is -4.05. The zero-order valence-corrected chi connectivity index (χ0v) is 34.2. The van der Waals surface area contributed by atoms with Crippen LogP contribution in [-0.4, -0.2) is 88.7 Å². The van der Waals surface area contributed by atoms with Gasteiger partial charge < -0.3 is 24.4 Å². The topological polar surface area (TPSA) is 183 Å². The van der Waals surface area contributed by atoms with E-state index in [2.05, 4.69) is 20.0 Å². The standard InChI is InChI=1S/C42H51F2N5O9S/c1-40(14-15-40)59(54,55)48-39(53)42-20-26(42)9-7-5-3-4-6-8-23(19-32(50)57-27-17-24-16-25(24)18-27)38(52)49-22-41(21-30(49)37(51)47-42)13-12-28-33-29(10-11-31(46-33)56-2)45-34(36(43)44)35(28)58-41/h7,9-11,23-27,30,36H,3-6,8,12-22H2,1-2H3,(H,47,51)(H,48,53)/b9-7-/t23-,24-,25+,26-,27?,30+,41-,42-/m1/s1. The fourth-order valence-corrected chi connectivity index (χ4v) is 11.3. The maximum atomic E-state index is 14.9. The summed E-state index contributed by atoms with van der Waals surface area (Å²) < 4.78 is 74.9. The molecule has 3 aliphatic heterocycles. The quantitative estimate of drug-likeness (QED) is 0.270. The Labute approximate surface area is 341 Å². The molecule has 59 heavy (non-hydrogen) atoms. The van der Waals surface area contributed by atoms with Gasteiger partial charge in [-0.1, -0.05) is 25.0 Å². The number of allylic oxidation sites excluding steroid dienone is 1. The zero-order chi connectivity index (χ0) is 41.5. The van der Waals surface area contributed by atoms with Crippen molar-refractivity contribution < 1.29 is 50.6 Å². The van der Waals surface area contributed by atoms with E-state index in [0.29, 0.717) is 55.0 Å². The Kier molecular flexibility index (Phi) is 9.94. The van der Waals surface area contributed by atoms with Crippen molar-refractivity contribution in [2.45, 2.75) is 138 Å². The number of aryl methyl sites for hydroxylation is 1. The summed E-state index contributed by atoms with van der Waals surface area (Å²) in [6, 6.07) is 1.84. The van der Waals surface area contributed by atoms with Gasteiger partial charge in [-0.05, 0) is 95.5 Å². The fourth-order valence-electron chi connectivity index (χ4n) is 9.98. The lowest BCUT2D eigenvalue weighted by atomic mass is 9.88. The van der Waals surface area contributed by atoms with Crippen molar-refractivity contribution in [2.24, 2.45) is 23.7 Å². The molecule has 1 unspecified atom stereocenters. The van der Waals surface area contributed by atoms with E-state index >= 15 is 0 Å². The molecule has 9 rings (SSSR count). The van der Waals surface area contributed by atoms with Crippen molar-refractivity contribution in [3.05, 3.63) is 35.5 Å². The number of carbonyl (C=O) groups is 4. The van der Waals surface area contributed by atoms with E-state index < -0.39 is 79.6 Å². The summed E-state index contributed by atoms with van der Waals surface area (Å²) in [5, 5.41) is 2.88. The van der Waals surface area contributed by atoms with E-state index in [1.54, 1.807) is 13.0 Å². The van der Waals surface area contributed by atoms with Crippen LogP contribution in [0.2, 0.25) is 0 Å². The highest BCUT2D eigenvalue weighted by Gasteiger charge is 2.64. The second-order valence-corrected chi connectivity index (χ2v) is 20.5. The maximum absolute atomic E-state index is 14.9. The smallest absolute Gasteiger partial charge is 0.306 e. The molecule has 0 aromatic carbocycles. The SMILES string of the molecule is COc1ccc2nc(C(F)F)c3c(c2n1)CC[C@]1(C[C@H]2C(=O)N[C@]4(C(=O)NS(=O)(=O)C5(C)CC5)C[C@H]4/C=C\CCCCC[C@H](CC(=O)OC4C[C@@H]5C[C@@H]5C4)C(=O)N2C1)O3. The molecule has 17 heteroatoms. The number of esters is 1. The molecule has 2 aromatic rings. The number of alkyl halides is 2. The van der Waals surface area contributed by atoms with Gasteiger partial charge in [-0.15, -0.1) is 0 Å². The van der Waals surface area contributed by atoms with Crippen LogP contribution in [0.3, 0.4) is 0 Å². The third-order valence-electron chi connectivity index (χ3n) is 14.1. The van der Waals surface area contributed by atoms with Gasteiger partial charge in [0.2, 0.25) is 27.7 Å². The lowest BCUT2D eigenvalue weighted by Crippen LogP contribution is -2.57. The number of hydrogen-bond donors (Lipinski definition) is 2. The fraction of sp³-hybridized carbons (Fsp3) is 0.667. The molecule has 4 saturated carbocycles. The number of hydrogen-bond acceptors (Lipinski definition) is 11. The number of pyridine rings is 2. The first-order chi connectivity index (χ1) is 28.1. The average molecular weight is 840 g/mol. The average Bonchev–Trinajstić information content (AvgIpc) is 4.16. The van der Waals surface area contributed by atoms with Crippen molar-refractivity contribution in [2.75, 3.05) is 13.7 Å². The number of rotatable bonds is 8. The Morgan fingerprint density at radius 2 is 1.85 bits per heavy atom. The van der Waals surface area contributed by atoms with Gasteiger partial charge in [0.15, 0.2) is 5.75 Å². The lowest BCUT2D eigenvalue weighted by molar-refractivity contribution is -0.154. The second kappa shape index (κ2) is 14.6. The molecule has 2 N–H and O–H groups in total. The number of methoxy groups -OCH3 is 1. The molecule has 7 aliphatic rings. The van der Waals surface area contributed by atoms with Crippen molar-refractivity contribution >= 4 is 44.7 Å². The number of fused-ring (bicyclic) bond motifs is 6. The van der Waals surface area contributed by atoms with Gasteiger partial charge in [0.1, 0.15) is 29.0 Å². The molecular weight excluding hydrogens is 789 g/mol. The van der Waals surface area contributed by atoms with Crippen LogP contribution in [0, 0.1) is 23.7 Å². The summed E-state index contributed by atoms with van der Waals surface area (Å²) in [7, 11) is -2.61. The minimum Gasteiger partial charge on any atom is -0.483 e. The summed E-state index contributed by atoms with van der Waals surface area (Å²) in [6.45, 7) is 1.40. The van der Waals surface area contributed by atoms with E-state index in [4.69, 9.17) is 14.2 Å². The predicted octanol–water partition coefficient (Wildman–Crippen LogP) is 4.98. The first kappa shape index (κ1) is 40.0. The van der Waals surface area contributed by atoms with Gasteiger partial charge in [-0.25, -0.2) is 27.2 Å². The predicted molar refractivity (Wildman–Crippen MR) is 208 cm³/mol. The van der Waals surface area contributed by atoms with Crippen LogP contribution < -0.4 is 19.5 Å². The molecule has 0 bridgehead atoms. The third-order valence-corrected chi connectivity index (χ3v) is 16.2. The van der Waals surface area contributed by atoms with Crippen LogP contribution in [0.4, 0.5) is 8.78 Å². The molecule has 5 heterocycles. The molecule has 4 aliphatic carbocycles. The van der Waals surface area contributed by atoms with Crippen molar-refractivity contribution in [1.82, 2.24) is 24.9 Å². The first-order valence-electron chi connectivity index (χ1n) is 21.0. The van der Waals surface area contributed by atoms with Crippen molar-refractivity contribution in [3.63, 3.8) is 0 Å². The second-order valence-electron chi connectivity index (χ2n) is 18.3. The Morgan fingerprint density at radius 1 is 1.07 bits per heavy atom. The normalized spacial score (nSPS) is 33.9. The minimum absolute atomic E-state index is 0.118. The number of amides is 3. The van der Waals surface area contributed by atoms with Crippen LogP contribution >= 0.6 is 0 Å². The summed E-state index contributed by atoms with van der Waals surface area (Å²) in [5.41, 5.74) is -2.52. The molecule has 318 valence electrons. The Bertz CT molecular complexity index is 2230. The van der Waals surface area contributed by atoms with Gasteiger partial charge in [0, 0.05) is 29.9 Å². The van der Waals surface area contributed by atoms with E-state index in [0.717, 1.165) is 32.1 Å². The number of nitrogens with zero attached hydrogens (tertiary/aromatic N) is 3. The van der Waals surface area contributed by atoms with Crippen LogP contribution in [0.1, 0.15) is 114 Å². The first-order valence-corrected chi connectivity index (χ1v) is 22.5. The molecule has 3 amide bonds. The van der Waals surface area contributed by atoms with E-state index in [1.807, 2.05) is 12.2 Å². The number of nitrogens with one attached hydrogen (secondary N) is 2. The van der Waals surface area contributed by atoms with Gasteiger partial charge in [-0.3, -0.25) is 23.9 Å². The summed E-state index contributed by atoms with van der Waals surface area (Å²) in [5.74, 6) is -2.55. The van der Waals surface area contributed by atoms with E-state index in [-0.39, 0.29) is 61.9 Å². The zero-order valence-electron chi connectivity index (χ0n) is 33.3. The Hall–Kier alpha value is -4.41. The molecular formula is C42H51F2N5O9S. The van der Waals surface area contributed by atoms with Gasteiger partial charge in [0.25, 0.3) is 12.3 Å². The maximum Gasteiger partial charge on any atom is 0.306 e. The van der Waals surface area contributed by atoms with E-state index in [1.165, 1.54) is 18.1 Å². The van der Waals surface area contributed by atoms with Gasteiger partial charge in [0.05, 0.1) is 35.9 Å². The number of ether oxygens (including phenoxy) is 3. The third kappa shape index (κ3) is 7.43. The highest BCUT2D eigenvalue weighted by Crippen LogP contribution is 2.53. The molecule has 5 fully saturated rings. The van der Waals surface area contributed by atoms with E-state index in [9.17, 15) is 36.4 Å².